The van der Waals surface area contributed by atoms with E-state index >= 15 is 0 Å². The van der Waals surface area contributed by atoms with Crippen LogP contribution in [0.2, 0.25) is 0 Å². The highest BCUT2D eigenvalue weighted by molar-refractivity contribution is 5.83. The lowest BCUT2D eigenvalue weighted by molar-refractivity contribution is 0.416. The van der Waals surface area contributed by atoms with E-state index < -0.39 is 0 Å². The van der Waals surface area contributed by atoms with Crippen molar-refractivity contribution in [2.24, 2.45) is 0 Å². The van der Waals surface area contributed by atoms with Crippen LogP contribution in [0.3, 0.4) is 0 Å². The van der Waals surface area contributed by atoms with Gasteiger partial charge in [-0.3, -0.25) is 0 Å². The normalized spacial score (nSPS) is 10.6. The SMILES string of the molecule is CCNc1ccc(-c2cc3ccccc3oc2=O)c(OC)c1. The van der Waals surface area contributed by atoms with Crippen molar-refractivity contribution in [1.29, 1.82) is 0 Å². The average molecular weight is 295 g/mol. The molecule has 0 saturated carbocycles. The zero-order valence-corrected chi connectivity index (χ0v) is 12.6. The summed E-state index contributed by atoms with van der Waals surface area (Å²) in [5.74, 6) is 0.640. The van der Waals surface area contributed by atoms with Gasteiger partial charge in [0.2, 0.25) is 0 Å². The fraction of sp³-hybridized carbons (Fsp3) is 0.167. The molecular formula is C18H17NO3. The summed E-state index contributed by atoms with van der Waals surface area (Å²) in [6, 6.07) is 15.0. The van der Waals surface area contributed by atoms with Crippen LogP contribution >= 0.6 is 0 Å². The molecule has 0 spiro atoms. The summed E-state index contributed by atoms with van der Waals surface area (Å²) in [5.41, 5.74) is 2.39. The molecule has 0 radical (unpaired) electrons. The molecule has 0 fully saturated rings. The number of methoxy groups -OCH3 is 1. The molecule has 1 N–H and O–H groups in total. The molecule has 0 saturated heterocycles. The Balaban J connectivity index is 2.18. The summed E-state index contributed by atoms with van der Waals surface area (Å²) in [4.78, 5) is 12.3. The van der Waals surface area contributed by atoms with Gasteiger partial charge in [0.05, 0.1) is 12.7 Å². The number of hydrogen-bond acceptors (Lipinski definition) is 4. The molecular weight excluding hydrogens is 278 g/mol. The second-order valence-electron chi connectivity index (χ2n) is 4.93. The summed E-state index contributed by atoms with van der Waals surface area (Å²) >= 11 is 0. The molecule has 0 aliphatic rings. The lowest BCUT2D eigenvalue weighted by Crippen LogP contribution is -2.04. The quantitative estimate of drug-likeness (QED) is 0.742. The number of nitrogens with one attached hydrogen (secondary N) is 1. The molecule has 3 rings (SSSR count). The van der Waals surface area contributed by atoms with E-state index in [1.165, 1.54) is 0 Å². The Labute approximate surface area is 128 Å². The van der Waals surface area contributed by atoms with Gasteiger partial charge in [0.25, 0.3) is 0 Å². The van der Waals surface area contributed by atoms with Crippen molar-refractivity contribution in [1.82, 2.24) is 0 Å². The van der Waals surface area contributed by atoms with Gasteiger partial charge in [-0.25, -0.2) is 4.79 Å². The monoisotopic (exact) mass is 295 g/mol. The molecule has 0 aliphatic heterocycles. The number of benzene rings is 2. The molecule has 4 heteroatoms. The van der Waals surface area contributed by atoms with Gasteiger partial charge in [0.15, 0.2) is 0 Å². The number of anilines is 1. The van der Waals surface area contributed by atoms with Gasteiger partial charge in [0, 0.05) is 29.2 Å². The van der Waals surface area contributed by atoms with E-state index in [1.807, 2.05) is 49.4 Å². The first-order valence-corrected chi connectivity index (χ1v) is 7.18. The highest BCUT2D eigenvalue weighted by atomic mass is 16.5. The van der Waals surface area contributed by atoms with Crippen molar-refractivity contribution < 1.29 is 9.15 Å². The topological polar surface area (TPSA) is 51.5 Å². The molecule has 112 valence electrons. The Kier molecular flexibility index (Phi) is 3.83. The van der Waals surface area contributed by atoms with Crippen LogP contribution in [-0.4, -0.2) is 13.7 Å². The summed E-state index contributed by atoms with van der Waals surface area (Å²) in [6.07, 6.45) is 0. The van der Waals surface area contributed by atoms with Crippen molar-refractivity contribution in [2.75, 3.05) is 19.0 Å². The van der Waals surface area contributed by atoms with E-state index in [0.29, 0.717) is 16.9 Å². The summed E-state index contributed by atoms with van der Waals surface area (Å²) in [7, 11) is 1.59. The number of fused-ring (bicyclic) bond motifs is 1. The maximum absolute atomic E-state index is 12.3. The van der Waals surface area contributed by atoms with Gasteiger partial charge < -0.3 is 14.5 Å². The van der Waals surface area contributed by atoms with Crippen LogP contribution < -0.4 is 15.7 Å². The fourth-order valence-corrected chi connectivity index (χ4v) is 2.48. The van der Waals surface area contributed by atoms with Crippen molar-refractivity contribution in [3.8, 4) is 16.9 Å². The fourth-order valence-electron chi connectivity index (χ4n) is 2.48. The first kappa shape index (κ1) is 14.2. The van der Waals surface area contributed by atoms with Crippen molar-refractivity contribution in [3.05, 3.63) is 59.0 Å². The van der Waals surface area contributed by atoms with Crippen molar-refractivity contribution >= 4 is 16.7 Å². The standard InChI is InChI=1S/C18H17NO3/c1-3-19-13-8-9-14(17(11-13)21-2)15-10-12-6-4-5-7-16(12)22-18(15)20/h4-11,19H,3H2,1-2H3. The Morgan fingerprint density at radius 1 is 1.09 bits per heavy atom. The largest absolute Gasteiger partial charge is 0.496 e. The summed E-state index contributed by atoms with van der Waals surface area (Å²) < 4.78 is 10.8. The first-order valence-electron chi connectivity index (χ1n) is 7.18. The van der Waals surface area contributed by atoms with Gasteiger partial charge in [-0.05, 0) is 31.2 Å². The minimum atomic E-state index is -0.367. The average Bonchev–Trinajstić information content (AvgIpc) is 2.54. The van der Waals surface area contributed by atoms with E-state index in [2.05, 4.69) is 5.32 Å². The minimum absolute atomic E-state index is 0.367. The molecule has 0 atom stereocenters. The van der Waals surface area contributed by atoms with Crippen molar-refractivity contribution in [3.63, 3.8) is 0 Å². The maximum atomic E-state index is 12.3. The number of ether oxygens (including phenoxy) is 1. The number of para-hydroxylation sites is 1. The number of hydrogen-bond donors (Lipinski definition) is 1. The molecule has 0 amide bonds. The van der Waals surface area contributed by atoms with Crippen LogP contribution in [0, 0.1) is 0 Å². The zero-order chi connectivity index (χ0) is 15.5. The van der Waals surface area contributed by atoms with Gasteiger partial charge in [0.1, 0.15) is 11.3 Å². The third-order valence-electron chi connectivity index (χ3n) is 3.51. The maximum Gasteiger partial charge on any atom is 0.344 e. The Hall–Kier alpha value is -2.75. The Morgan fingerprint density at radius 3 is 2.68 bits per heavy atom. The van der Waals surface area contributed by atoms with E-state index in [4.69, 9.17) is 9.15 Å². The minimum Gasteiger partial charge on any atom is -0.496 e. The van der Waals surface area contributed by atoms with E-state index in [-0.39, 0.29) is 5.63 Å². The first-order chi connectivity index (χ1) is 10.7. The van der Waals surface area contributed by atoms with Crippen molar-refractivity contribution in [2.45, 2.75) is 6.92 Å². The lowest BCUT2D eigenvalue weighted by atomic mass is 10.0. The Bertz CT molecular complexity index is 868. The van der Waals surface area contributed by atoms with E-state index in [0.717, 1.165) is 23.2 Å². The molecule has 4 nitrogen and oxygen atoms in total. The van der Waals surface area contributed by atoms with Crippen LogP contribution in [0.5, 0.6) is 5.75 Å². The molecule has 0 aliphatic carbocycles. The van der Waals surface area contributed by atoms with Crippen LogP contribution in [0.15, 0.2) is 57.7 Å². The van der Waals surface area contributed by atoms with Crippen LogP contribution in [0.25, 0.3) is 22.1 Å². The molecule has 1 heterocycles. The highest BCUT2D eigenvalue weighted by Gasteiger charge is 2.13. The summed E-state index contributed by atoms with van der Waals surface area (Å²) in [5, 5.41) is 4.11. The molecule has 3 aromatic rings. The van der Waals surface area contributed by atoms with Gasteiger partial charge in [-0.2, -0.15) is 0 Å². The predicted octanol–water partition coefficient (Wildman–Crippen LogP) is 3.90. The van der Waals surface area contributed by atoms with Crippen LogP contribution in [0.4, 0.5) is 5.69 Å². The highest BCUT2D eigenvalue weighted by Crippen LogP contribution is 2.32. The molecule has 0 bridgehead atoms. The summed E-state index contributed by atoms with van der Waals surface area (Å²) in [6.45, 7) is 2.85. The Morgan fingerprint density at radius 2 is 1.91 bits per heavy atom. The van der Waals surface area contributed by atoms with Gasteiger partial charge >= 0.3 is 5.63 Å². The molecule has 2 aromatic carbocycles. The zero-order valence-electron chi connectivity index (χ0n) is 12.6. The molecule has 0 unspecified atom stereocenters. The van der Waals surface area contributed by atoms with E-state index in [1.54, 1.807) is 13.2 Å². The third kappa shape index (κ3) is 2.55. The molecule has 22 heavy (non-hydrogen) atoms. The second kappa shape index (κ2) is 5.93. The van der Waals surface area contributed by atoms with E-state index in [9.17, 15) is 4.79 Å². The smallest absolute Gasteiger partial charge is 0.344 e. The van der Waals surface area contributed by atoms with Crippen LogP contribution in [-0.2, 0) is 0 Å². The van der Waals surface area contributed by atoms with Crippen LogP contribution in [0.1, 0.15) is 6.92 Å². The number of rotatable bonds is 4. The predicted molar refractivity (Wildman–Crippen MR) is 88.6 cm³/mol. The second-order valence-corrected chi connectivity index (χ2v) is 4.93. The lowest BCUT2D eigenvalue weighted by Gasteiger charge is -2.11. The third-order valence-corrected chi connectivity index (χ3v) is 3.51. The van der Waals surface area contributed by atoms with Gasteiger partial charge in [-0.15, -0.1) is 0 Å². The van der Waals surface area contributed by atoms with Gasteiger partial charge in [-0.1, -0.05) is 18.2 Å². The molecule has 1 aromatic heterocycles.